The highest BCUT2D eigenvalue weighted by molar-refractivity contribution is 14.1. The molecule has 2 N–H and O–H groups in total. The van der Waals surface area contributed by atoms with Gasteiger partial charge in [0.1, 0.15) is 0 Å². The average molecular weight is 392 g/mol. The molecule has 0 aliphatic rings. The fourth-order valence-corrected chi connectivity index (χ4v) is 2.57. The summed E-state index contributed by atoms with van der Waals surface area (Å²) in [4.78, 5) is 0. The summed E-state index contributed by atoms with van der Waals surface area (Å²) in [5, 5.41) is 4.49. The third-order valence-corrected chi connectivity index (χ3v) is 4.41. The van der Waals surface area contributed by atoms with Crippen molar-refractivity contribution in [2.75, 3.05) is 5.73 Å². The van der Waals surface area contributed by atoms with Crippen LogP contribution in [0, 0.1) is 17.4 Å². The maximum atomic E-state index is 5.74. The molecule has 0 aliphatic heterocycles. The van der Waals surface area contributed by atoms with Gasteiger partial charge in [0, 0.05) is 9.26 Å². The molecule has 0 bridgehead atoms. The lowest BCUT2D eigenvalue weighted by atomic mass is 10.3. The molecule has 0 radical (unpaired) electrons. The summed E-state index contributed by atoms with van der Waals surface area (Å²) < 4.78 is 4.08. The van der Waals surface area contributed by atoms with Gasteiger partial charge in [-0.15, -0.1) is 0 Å². The zero-order chi connectivity index (χ0) is 11.9. The predicted octanol–water partition coefficient (Wildman–Crippen LogP) is 3.44. The first-order valence-corrected chi connectivity index (χ1v) is 6.65. The Morgan fingerprint density at radius 3 is 2.56 bits per heavy atom. The van der Waals surface area contributed by atoms with E-state index in [1.165, 1.54) is 0 Å². The molecular weight excluding hydrogens is 381 g/mol. The first-order valence-electron chi connectivity index (χ1n) is 4.78. The summed E-state index contributed by atoms with van der Waals surface area (Å²) in [5.41, 5.74) is 9.65. The zero-order valence-electron chi connectivity index (χ0n) is 8.96. The lowest BCUT2D eigenvalue weighted by Crippen LogP contribution is -2.02. The van der Waals surface area contributed by atoms with E-state index in [9.17, 15) is 0 Å². The summed E-state index contributed by atoms with van der Waals surface area (Å²) >= 11 is 5.80. The van der Waals surface area contributed by atoms with E-state index >= 15 is 0 Å². The molecule has 0 atom stereocenters. The summed E-state index contributed by atoms with van der Waals surface area (Å²) in [6.45, 7) is 4.02. The number of aryl methyl sites for hydroxylation is 1. The Hall–Kier alpha value is -0.560. The van der Waals surface area contributed by atoms with Gasteiger partial charge in [0.05, 0.1) is 21.5 Å². The number of aromatic nitrogens is 2. The van der Waals surface area contributed by atoms with Gasteiger partial charge in [-0.05, 0) is 70.6 Å². The standard InChI is InChI=1S/C11H11BrIN3/c1-6-11(12)7(2)16(15-6)10-4-3-8(14)5-9(10)13/h3-5H,14H2,1-2H3. The highest BCUT2D eigenvalue weighted by atomic mass is 127. The van der Waals surface area contributed by atoms with E-state index in [0.717, 1.165) is 30.8 Å². The number of rotatable bonds is 1. The Bertz CT molecular complexity index is 548. The van der Waals surface area contributed by atoms with Crippen molar-refractivity contribution >= 4 is 44.2 Å². The van der Waals surface area contributed by atoms with E-state index < -0.39 is 0 Å². The number of hydrogen-bond acceptors (Lipinski definition) is 2. The summed E-state index contributed by atoms with van der Waals surface area (Å²) in [7, 11) is 0. The van der Waals surface area contributed by atoms with Crippen LogP contribution in [0.2, 0.25) is 0 Å². The largest absolute Gasteiger partial charge is 0.399 e. The van der Waals surface area contributed by atoms with Gasteiger partial charge in [0.25, 0.3) is 0 Å². The number of nitrogens with two attached hydrogens (primary N) is 1. The Labute approximate surface area is 116 Å². The molecule has 84 valence electrons. The molecule has 0 spiro atoms. The number of anilines is 1. The zero-order valence-corrected chi connectivity index (χ0v) is 12.7. The quantitative estimate of drug-likeness (QED) is 0.597. The minimum atomic E-state index is 0.772. The van der Waals surface area contributed by atoms with Gasteiger partial charge < -0.3 is 5.73 Å². The van der Waals surface area contributed by atoms with Gasteiger partial charge in [0.2, 0.25) is 0 Å². The van der Waals surface area contributed by atoms with Crippen molar-refractivity contribution in [3.05, 3.63) is 37.6 Å². The summed E-state index contributed by atoms with van der Waals surface area (Å²) in [5.74, 6) is 0. The van der Waals surface area contributed by atoms with Crippen molar-refractivity contribution in [2.45, 2.75) is 13.8 Å². The SMILES string of the molecule is Cc1nn(-c2ccc(N)cc2I)c(C)c1Br. The molecule has 0 fully saturated rings. The summed E-state index contributed by atoms with van der Waals surface area (Å²) in [6.07, 6.45) is 0. The van der Waals surface area contributed by atoms with E-state index in [4.69, 9.17) is 5.73 Å². The highest BCUT2D eigenvalue weighted by Gasteiger charge is 2.12. The second-order valence-corrected chi connectivity index (χ2v) is 5.56. The Kier molecular flexibility index (Phi) is 3.25. The molecule has 0 saturated carbocycles. The van der Waals surface area contributed by atoms with Crippen molar-refractivity contribution in [1.82, 2.24) is 9.78 Å². The first kappa shape index (κ1) is 11.9. The van der Waals surface area contributed by atoms with Gasteiger partial charge in [-0.2, -0.15) is 5.10 Å². The van der Waals surface area contributed by atoms with Crippen LogP contribution in [0.5, 0.6) is 0 Å². The molecule has 0 saturated heterocycles. The molecule has 1 heterocycles. The van der Waals surface area contributed by atoms with Gasteiger partial charge in [-0.3, -0.25) is 0 Å². The number of benzene rings is 1. The van der Waals surface area contributed by atoms with Crippen LogP contribution in [0.3, 0.4) is 0 Å². The molecule has 16 heavy (non-hydrogen) atoms. The van der Waals surface area contributed by atoms with E-state index in [1.807, 2.05) is 36.7 Å². The number of nitrogens with zero attached hydrogens (tertiary/aromatic N) is 2. The molecule has 3 nitrogen and oxygen atoms in total. The predicted molar refractivity (Wildman–Crippen MR) is 77.9 cm³/mol. The van der Waals surface area contributed by atoms with Crippen molar-refractivity contribution in [2.24, 2.45) is 0 Å². The van der Waals surface area contributed by atoms with E-state index in [2.05, 4.69) is 43.6 Å². The van der Waals surface area contributed by atoms with Gasteiger partial charge in [-0.1, -0.05) is 0 Å². The van der Waals surface area contributed by atoms with Gasteiger partial charge >= 0.3 is 0 Å². The molecule has 1 aromatic carbocycles. The maximum Gasteiger partial charge on any atom is 0.0784 e. The number of halogens is 2. The Morgan fingerprint density at radius 2 is 2.06 bits per heavy atom. The second kappa shape index (κ2) is 4.37. The van der Waals surface area contributed by atoms with Crippen molar-refractivity contribution < 1.29 is 0 Å². The van der Waals surface area contributed by atoms with E-state index in [1.54, 1.807) is 0 Å². The average Bonchev–Trinajstić information content (AvgIpc) is 2.46. The highest BCUT2D eigenvalue weighted by Crippen LogP contribution is 2.26. The fraction of sp³-hybridized carbons (Fsp3) is 0.182. The summed E-state index contributed by atoms with van der Waals surface area (Å²) in [6, 6.07) is 5.82. The van der Waals surface area contributed by atoms with Crippen LogP contribution < -0.4 is 5.73 Å². The van der Waals surface area contributed by atoms with Gasteiger partial charge in [-0.25, -0.2) is 4.68 Å². The second-order valence-electron chi connectivity index (χ2n) is 3.61. The molecule has 1 aromatic heterocycles. The molecule has 0 aliphatic carbocycles. The van der Waals surface area contributed by atoms with E-state index in [-0.39, 0.29) is 0 Å². The minimum Gasteiger partial charge on any atom is -0.399 e. The third kappa shape index (κ3) is 1.98. The lowest BCUT2D eigenvalue weighted by Gasteiger charge is -2.07. The third-order valence-electron chi connectivity index (χ3n) is 2.40. The minimum absolute atomic E-state index is 0.772. The molecule has 0 amide bonds. The molecule has 2 rings (SSSR count). The lowest BCUT2D eigenvalue weighted by molar-refractivity contribution is 0.829. The molecule has 5 heteroatoms. The maximum absolute atomic E-state index is 5.74. The van der Waals surface area contributed by atoms with Crippen LogP contribution in [-0.2, 0) is 0 Å². The Morgan fingerprint density at radius 1 is 1.38 bits per heavy atom. The molecule has 0 unspecified atom stereocenters. The number of hydrogen-bond donors (Lipinski definition) is 1. The van der Waals surface area contributed by atoms with Crippen molar-refractivity contribution in [1.29, 1.82) is 0 Å². The monoisotopic (exact) mass is 391 g/mol. The van der Waals surface area contributed by atoms with E-state index in [0.29, 0.717) is 0 Å². The molecule has 2 aromatic rings. The van der Waals surface area contributed by atoms with Gasteiger partial charge in [0.15, 0.2) is 0 Å². The Balaban J connectivity index is 2.63. The topological polar surface area (TPSA) is 43.8 Å². The van der Waals surface area contributed by atoms with Crippen molar-refractivity contribution in [3.63, 3.8) is 0 Å². The fourth-order valence-electron chi connectivity index (χ4n) is 1.55. The van der Waals surface area contributed by atoms with Crippen LogP contribution in [0.4, 0.5) is 5.69 Å². The van der Waals surface area contributed by atoms with Crippen LogP contribution in [0.25, 0.3) is 5.69 Å². The van der Waals surface area contributed by atoms with Crippen molar-refractivity contribution in [3.8, 4) is 5.69 Å². The number of nitrogen functional groups attached to an aromatic ring is 1. The smallest absolute Gasteiger partial charge is 0.0784 e. The normalized spacial score (nSPS) is 10.8. The van der Waals surface area contributed by atoms with Crippen LogP contribution >= 0.6 is 38.5 Å². The van der Waals surface area contributed by atoms with Crippen LogP contribution in [0.1, 0.15) is 11.4 Å². The molecular formula is C11H11BrIN3. The van der Waals surface area contributed by atoms with Crippen LogP contribution in [0.15, 0.2) is 22.7 Å². The van der Waals surface area contributed by atoms with Crippen LogP contribution in [-0.4, -0.2) is 9.78 Å². The first-order chi connectivity index (χ1) is 7.50.